The molecule has 2 aliphatic rings. The molecule has 1 aliphatic carbocycles. The van der Waals surface area contributed by atoms with Crippen LogP contribution in [-0.2, 0) is 18.3 Å². The summed E-state index contributed by atoms with van der Waals surface area (Å²) in [6.07, 6.45) is 9.45. The Labute approximate surface area is 169 Å². The fourth-order valence-corrected chi connectivity index (χ4v) is 4.32. The predicted octanol–water partition coefficient (Wildman–Crippen LogP) is 2.94. The Morgan fingerprint density at radius 1 is 1.18 bits per heavy atom. The summed E-state index contributed by atoms with van der Waals surface area (Å²) in [4.78, 5) is 4.81. The largest absolute Gasteiger partial charge is 0.376 e. The van der Waals surface area contributed by atoms with Gasteiger partial charge in [-0.2, -0.15) is 0 Å². The lowest BCUT2D eigenvalue weighted by Gasteiger charge is -2.33. The maximum Gasteiger partial charge on any atom is 0.192 e. The van der Waals surface area contributed by atoms with E-state index in [1.807, 2.05) is 18.5 Å². The van der Waals surface area contributed by atoms with Gasteiger partial charge in [0.25, 0.3) is 0 Å². The molecule has 1 aromatic rings. The van der Waals surface area contributed by atoms with Gasteiger partial charge < -0.3 is 19.9 Å². The van der Waals surface area contributed by atoms with E-state index in [2.05, 4.69) is 34.7 Å². The molecule has 2 fully saturated rings. The highest BCUT2D eigenvalue weighted by Crippen LogP contribution is 2.31. The molecule has 3 atom stereocenters. The maximum absolute atomic E-state index is 5.76. The summed E-state index contributed by atoms with van der Waals surface area (Å²) in [5.74, 6) is 4.09. The van der Waals surface area contributed by atoms with Crippen LogP contribution in [0.1, 0.15) is 70.4 Å². The van der Waals surface area contributed by atoms with Crippen molar-refractivity contribution < 1.29 is 4.74 Å². The number of nitrogens with one attached hydrogen (secondary N) is 2. The molecule has 158 valence electrons. The van der Waals surface area contributed by atoms with Gasteiger partial charge in [0.15, 0.2) is 11.8 Å². The molecule has 1 saturated carbocycles. The number of aromatic nitrogens is 3. The second-order valence-corrected chi connectivity index (χ2v) is 8.59. The van der Waals surface area contributed by atoms with E-state index >= 15 is 0 Å². The monoisotopic (exact) mass is 390 g/mol. The SMILES string of the molecule is Cc1nnc(CN=C(NCC2CCCO2)NC(C)C(C)C2CCCCC2)n1C. The third-order valence-electron chi connectivity index (χ3n) is 6.63. The van der Waals surface area contributed by atoms with E-state index in [0.29, 0.717) is 18.5 Å². The van der Waals surface area contributed by atoms with Gasteiger partial charge in [-0.1, -0.05) is 39.0 Å². The molecule has 0 bridgehead atoms. The Bertz CT molecular complexity index is 631. The van der Waals surface area contributed by atoms with Crippen LogP contribution in [0.25, 0.3) is 0 Å². The van der Waals surface area contributed by atoms with E-state index in [0.717, 1.165) is 49.5 Å². The quantitative estimate of drug-likeness (QED) is 0.553. The Morgan fingerprint density at radius 2 is 1.96 bits per heavy atom. The summed E-state index contributed by atoms with van der Waals surface area (Å²) >= 11 is 0. The van der Waals surface area contributed by atoms with Crippen LogP contribution in [-0.4, -0.2) is 46.0 Å². The first-order valence-electron chi connectivity index (χ1n) is 11.1. The molecule has 28 heavy (non-hydrogen) atoms. The molecular weight excluding hydrogens is 352 g/mol. The molecular formula is C21H38N6O. The lowest BCUT2D eigenvalue weighted by molar-refractivity contribution is 0.113. The first kappa shape index (κ1) is 21.1. The zero-order valence-corrected chi connectivity index (χ0v) is 18.1. The zero-order chi connectivity index (χ0) is 19.9. The van der Waals surface area contributed by atoms with Crippen molar-refractivity contribution in [2.75, 3.05) is 13.2 Å². The molecule has 2 N–H and O–H groups in total. The van der Waals surface area contributed by atoms with Crippen LogP contribution in [0.15, 0.2) is 4.99 Å². The smallest absolute Gasteiger partial charge is 0.192 e. The molecule has 0 spiro atoms. The van der Waals surface area contributed by atoms with Crippen molar-refractivity contribution in [3.05, 3.63) is 11.6 Å². The lowest BCUT2D eigenvalue weighted by Crippen LogP contribution is -2.48. The summed E-state index contributed by atoms with van der Waals surface area (Å²) < 4.78 is 7.76. The van der Waals surface area contributed by atoms with Gasteiger partial charge in [-0.25, -0.2) is 4.99 Å². The number of hydrogen-bond donors (Lipinski definition) is 2. The maximum atomic E-state index is 5.76. The van der Waals surface area contributed by atoms with Crippen molar-refractivity contribution in [1.29, 1.82) is 0 Å². The number of rotatable bonds is 7. The third kappa shape index (κ3) is 5.69. The molecule has 3 unspecified atom stereocenters. The number of nitrogens with zero attached hydrogens (tertiary/aromatic N) is 4. The summed E-state index contributed by atoms with van der Waals surface area (Å²) in [7, 11) is 1.99. The molecule has 0 radical (unpaired) electrons. The van der Waals surface area contributed by atoms with E-state index in [-0.39, 0.29) is 6.10 Å². The fraction of sp³-hybridized carbons (Fsp3) is 0.857. The first-order valence-corrected chi connectivity index (χ1v) is 11.1. The van der Waals surface area contributed by atoms with Crippen molar-refractivity contribution >= 4 is 5.96 Å². The number of guanidine groups is 1. The van der Waals surface area contributed by atoms with E-state index in [4.69, 9.17) is 9.73 Å². The van der Waals surface area contributed by atoms with Crippen molar-refractivity contribution in [2.24, 2.45) is 23.9 Å². The van der Waals surface area contributed by atoms with Gasteiger partial charge >= 0.3 is 0 Å². The van der Waals surface area contributed by atoms with E-state index in [1.54, 1.807) is 0 Å². The van der Waals surface area contributed by atoms with Crippen LogP contribution in [0.4, 0.5) is 0 Å². The molecule has 3 rings (SSSR count). The molecule has 0 aromatic carbocycles. The van der Waals surface area contributed by atoms with Crippen LogP contribution in [0.3, 0.4) is 0 Å². The number of aliphatic imine (C=N–C) groups is 1. The van der Waals surface area contributed by atoms with Gasteiger partial charge in [0, 0.05) is 26.2 Å². The fourth-order valence-electron chi connectivity index (χ4n) is 4.32. The van der Waals surface area contributed by atoms with E-state index in [9.17, 15) is 0 Å². The van der Waals surface area contributed by atoms with Gasteiger partial charge in [0.1, 0.15) is 12.4 Å². The zero-order valence-electron chi connectivity index (χ0n) is 18.1. The topological polar surface area (TPSA) is 76.4 Å². The summed E-state index contributed by atoms with van der Waals surface area (Å²) in [5, 5.41) is 15.5. The lowest BCUT2D eigenvalue weighted by atomic mass is 9.78. The minimum atomic E-state index is 0.287. The second kappa shape index (κ2) is 10.2. The van der Waals surface area contributed by atoms with E-state index < -0.39 is 0 Å². The van der Waals surface area contributed by atoms with Gasteiger partial charge in [-0.3, -0.25) is 0 Å². The minimum Gasteiger partial charge on any atom is -0.376 e. The Morgan fingerprint density at radius 3 is 2.61 bits per heavy atom. The molecule has 1 saturated heterocycles. The summed E-state index contributed by atoms with van der Waals surface area (Å²) in [6, 6.07) is 0.375. The standard InChI is InChI=1S/C21H38N6O/c1-15(18-9-6-5-7-10-18)16(2)24-21(22-13-19-11-8-12-28-19)23-14-20-26-25-17(3)27(20)4/h15-16,18-19H,5-14H2,1-4H3,(H2,22,23,24). The van der Waals surface area contributed by atoms with Crippen molar-refractivity contribution in [1.82, 2.24) is 25.4 Å². The molecule has 7 nitrogen and oxygen atoms in total. The first-order chi connectivity index (χ1) is 13.5. The highest BCUT2D eigenvalue weighted by atomic mass is 16.5. The Balaban J connectivity index is 1.61. The van der Waals surface area contributed by atoms with Crippen molar-refractivity contribution in [3.8, 4) is 0 Å². The summed E-state index contributed by atoms with van der Waals surface area (Å²) in [5.41, 5.74) is 0. The minimum absolute atomic E-state index is 0.287. The average molecular weight is 391 g/mol. The Kier molecular flexibility index (Phi) is 7.71. The predicted molar refractivity (Wildman–Crippen MR) is 112 cm³/mol. The van der Waals surface area contributed by atoms with Crippen LogP contribution < -0.4 is 10.6 Å². The number of aryl methyl sites for hydroxylation is 1. The van der Waals surface area contributed by atoms with Crippen LogP contribution >= 0.6 is 0 Å². The number of hydrogen-bond acceptors (Lipinski definition) is 4. The molecule has 2 heterocycles. The third-order valence-corrected chi connectivity index (χ3v) is 6.63. The van der Waals surface area contributed by atoms with Crippen LogP contribution in [0.5, 0.6) is 0 Å². The van der Waals surface area contributed by atoms with Crippen LogP contribution in [0, 0.1) is 18.8 Å². The van der Waals surface area contributed by atoms with Crippen molar-refractivity contribution in [3.63, 3.8) is 0 Å². The van der Waals surface area contributed by atoms with Gasteiger partial charge in [-0.05, 0) is 38.5 Å². The second-order valence-electron chi connectivity index (χ2n) is 8.59. The summed E-state index contributed by atoms with van der Waals surface area (Å²) in [6.45, 7) is 8.83. The highest BCUT2D eigenvalue weighted by Gasteiger charge is 2.25. The van der Waals surface area contributed by atoms with Gasteiger partial charge in [0.05, 0.1) is 6.10 Å². The molecule has 1 aliphatic heterocycles. The van der Waals surface area contributed by atoms with Crippen LogP contribution in [0.2, 0.25) is 0 Å². The number of ether oxygens (including phenoxy) is 1. The molecule has 7 heteroatoms. The van der Waals surface area contributed by atoms with Gasteiger partial charge in [-0.15, -0.1) is 10.2 Å². The normalized spacial score (nSPS) is 23.6. The van der Waals surface area contributed by atoms with Gasteiger partial charge in [0.2, 0.25) is 0 Å². The van der Waals surface area contributed by atoms with Crippen molar-refractivity contribution in [2.45, 2.75) is 84.4 Å². The molecule has 0 amide bonds. The molecule has 1 aromatic heterocycles. The van der Waals surface area contributed by atoms with E-state index in [1.165, 1.54) is 32.1 Å². The average Bonchev–Trinajstić information content (AvgIpc) is 3.35. The Hall–Kier alpha value is -1.63. The highest BCUT2D eigenvalue weighted by molar-refractivity contribution is 5.80.